The summed E-state index contributed by atoms with van der Waals surface area (Å²) in [6, 6.07) is 9.14. The third-order valence-corrected chi connectivity index (χ3v) is 3.78. The van der Waals surface area contributed by atoms with Crippen LogP contribution in [0.25, 0.3) is 0 Å². The summed E-state index contributed by atoms with van der Waals surface area (Å²) in [5, 5.41) is 8.20. The quantitative estimate of drug-likeness (QED) is 0.517. The van der Waals surface area contributed by atoms with E-state index in [-0.39, 0.29) is 18.6 Å². The Hall–Kier alpha value is -2.77. The third kappa shape index (κ3) is 13.1. The van der Waals surface area contributed by atoms with Gasteiger partial charge in [-0.1, -0.05) is 30.3 Å². The normalized spacial score (nSPS) is 11.9. The van der Waals surface area contributed by atoms with E-state index < -0.39 is 17.8 Å². The molecule has 0 heterocycles. The lowest BCUT2D eigenvalue weighted by atomic mass is 10.1. The molecule has 29 heavy (non-hydrogen) atoms. The van der Waals surface area contributed by atoms with E-state index in [1.807, 2.05) is 51.1 Å². The first-order valence-electron chi connectivity index (χ1n) is 9.84. The summed E-state index contributed by atoms with van der Waals surface area (Å²) >= 11 is 0. The molecule has 8 nitrogen and oxygen atoms in total. The van der Waals surface area contributed by atoms with Crippen LogP contribution < -0.4 is 16.0 Å². The van der Waals surface area contributed by atoms with E-state index in [0.29, 0.717) is 19.5 Å². The van der Waals surface area contributed by atoms with E-state index in [4.69, 9.17) is 9.47 Å². The number of carbonyl (C=O) groups is 3. The first kappa shape index (κ1) is 24.3. The molecule has 0 bridgehead atoms. The Morgan fingerprint density at radius 2 is 1.69 bits per heavy atom. The lowest BCUT2D eigenvalue weighted by molar-refractivity contribution is -0.119. The molecule has 1 aromatic rings. The standard InChI is InChI=1S/C21H33N3O5/c1-16(25)23-14-18(12-8-9-13-22-19(26)29-21(2,3)4)24-20(27)28-15-17-10-6-5-7-11-17/h5-7,10-11,18H,8-9,12-15H2,1-4H3,(H,22,26)(H,23,25)(H,24,27)/t18-/m0/s1. The van der Waals surface area contributed by atoms with Crippen molar-refractivity contribution < 1.29 is 23.9 Å². The number of carbonyl (C=O) groups excluding carboxylic acids is 3. The predicted molar refractivity (Wildman–Crippen MR) is 110 cm³/mol. The van der Waals surface area contributed by atoms with Gasteiger partial charge in [0.2, 0.25) is 5.91 Å². The van der Waals surface area contributed by atoms with Crippen LogP contribution in [0.15, 0.2) is 30.3 Å². The molecule has 0 aliphatic heterocycles. The van der Waals surface area contributed by atoms with Gasteiger partial charge < -0.3 is 25.4 Å². The largest absolute Gasteiger partial charge is 0.445 e. The van der Waals surface area contributed by atoms with Gasteiger partial charge in [-0.15, -0.1) is 0 Å². The lowest BCUT2D eigenvalue weighted by Gasteiger charge is -2.20. The average Bonchev–Trinajstić information content (AvgIpc) is 2.63. The molecule has 0 aliphatic carbocycles. The maximum Gasteiger partial charge on any atom is 0.407 e. The van der Waals surface area contributed by atoms with Gasteiger partial charge in [0.25, 0.3) is 0 Å². The lowest BCUT2D eigenvalue weighted by Crippen LogP contribution is -2.43. The summed E-state index contributed by atoms with van der Waals surface area (Å²) in [4.78, 5) is 34.9. The monoisotopic (exact) mass is 407 g/mol. The summed E-state index contributed by atoms with van der Waals surface area (Å²) in [6.45, 7) is 7.82. The molecule has 1 rings (SSSR count). The molecule has 162 valence electrons. The van der Waals surface area contributed by atoms with Gasteiger partial charge in [0, 0.05) is 26.1 Å². The molecule has 3 amide bonds. The number of unbranched alkanes of at least 4 members (excludes halogenated alkanes) is 1. The van der Waals surface area contributed by atoms with Crippen molar-refractivity contribution in [3.8, 4) is 0 Å². The molecule has 0 saturated carbocycles. The zero-order valence-corrected chi connectivity index (χ0v) is 17.7. The SMILES string of the molecule is CC(=O)NC[C@H](CCCCNC(=O)OC(C)(C)C)NC(=O)OCc1ccccc1. The minimum absolute atomic E-state index is 0.166. The van der Waals surface area contributed by atoms with Gasteiger partial charge in [-0.3, -0.25) is 4.79 Å². The molecular weight excluding hydrogens is 374 g/mol. The molecule has 3 N–H and O–H groups in total. The van der Waals surface area contributed by atoms with Crippen molar-refractivity contribution >= 4 is 18.1 Å². The van der Waals surface area contributed by atoms with Crippen molar-refractivity contribution in [1.82, 2.24) is 16.0 Å². The molecule has 8 heteroatoms. The average molecular weight is 408 g/mol. The highest BCUT2D eigenvalue weighted by molar-refractivity contribution is 5.73. The van der Waals surface area contributed by atoms with E-state index >= 15 is 0 Å². The smallest absolute Gasteiger partial charge is 0.407 e. The Kier molecular flexibility index (Phi) is 10.6. The second-order valence-corrected chi connectivity index (χ2v) is 7.76. The first-order chi connectivity index (χ1) is 13.7. The van der Waals surface area contributed by atoms with Crippen LogP contribution >= 0.6 is 0 Å². The van der Waals surface area contributed by atoms with Gasteiger partial charge in [-0.05, 0) is 45.6 Å². The van der Waals surface area contributed by atoms with Gasteiger partial charge in [0.15, 0.2) is 0 Å². The summed E-state index contributed by atoms with van der Waals surface area (Å²) in [7, 11) is 0. The molecule has 0 spiro atoms. The minimum atomic E-state index is -0.531. The molecule has 0 saturated heterocycles. The van der Waals surface area contributed by atoms with Crippen molar-refractivity contribution in [3.63, 3.8) is 0 Å². The van der Waals surface area contributed by atoms with Gasteiger partial charge in [-0.2, -0.15) is 0 Å². The predicted octanol–water partition coefficient (Wildman–Crippen LogP) is 3.11. The van der Waals surface area contributed by atoms with Crippen molar-refractivity contribution in [2.24, 2.45) is 0 Å². The highest BCUT2D eigenvalue weighted by Crippen LogP contribution is 2.07. The molecule has 0 fully saturated rings. The maximum absolute atomic E-state index is 12.1. The van der Waals surface area contributed by atoms with Crippen molar-refractivity contribution in [1.29, 1.82) is 0 Å². The second-order valence-electron chi connectivity index (χ2n) is 7.76. The van der Waals surface area contributed by atoms with Crippen molar-refractivity contribution in [2.45, 2.75) is 65.2 Å². The fourth-order valence-corrected chi connectivity index (χ4v) is 2.44. The molecule has 1 aromatic carbocycles. The molecule has 0 aromatic heterocycles. The second kappa shape index (κ2) is 12.6. The van der Waals surface area contributed by atoms with E-state index in [9.17, 15) is 14.4 Å². The highest BCUT2D eigenvalue weighted by Gasteiger charge is 2.16. The molecule has 0 unspecified atom stereocenters. The van der Waals surface area contributed by atoms with E-state index in [2.05, 4.69) is 16.0 Å². The maximum atomic E-state index is 12.1. The van der Waals surface area contributed by atoms with Gasteiger partial charge in [0.05, 0.1) is 0 Å². The molecule has 1 atom stereocenters. The van der Waals surface area contributed by atoms with Crippen molar-refractivity contribution in [3.05, 3.63) is 35.9 Å². The first-order valence-corrected chi connectivity index (χ1v) is 9.84. The number of rotatable bonds is 10. The fraction of sp³-hybridized carbons (Fsp3) is 0.571. The third-order valence-electron chi connectivity index (χ3n) is 3.78. The van der Waals surface area contributed by atoms with Crippen LogP contribution in [0.2, 0.25) is 0 Å². The zero-order chi connectivity index (χ0) is 21.7. The van der Waals surface area contributed by atoms with Crippen LogP contribution in [0, 0.1) is 0 Å². The number of hydrogen-bond donors (Lipinski definition) is 3. The topological polar surface area (TPSA) is 106 Å². The van der Waals surface area contributed by atoms with Gasteiger partial charge in [0.1, 0.15) is 12.2 Å². The Morgan fingerprint density at radius 3 is 2.31 bits per heavy atom. The van der Waals surface area contributed by atoms with E-state index in [1.165, 1.54) is 6.92 Å². The van der Waals surface area contributed by atoms with Gasteiger partial charge >= 0.3 is 12.2 Å². The number of nitrogens with one attached hydrogen (secondary N) is 3. The summed E-state index contributed by atoms with van der Waals surface area (Å²) in [5.74, 6) is -0.166. The van der Waals surface area contributed by atoms with E-state index in [0.717, 1.165) is 18.4 Å². The fourth-order valence-electron chi connectivity index (χ4n) is 2.44. The zero-order valence-electron chi connectivity index (χ0n) is 17.7. The van der Waals surface area contributed by atoms with Crippen LogP contribution in [0.5, 0.6) is 0 Å². The van der Waals surface area contributed by atoms with Crippen molar-refractivity contribution in [2.75, 3.05) is 13.1 Å². The van der Waals surface area contributed by atoms with Gasteiger partial charge in [-0.25, -0.2) is 9.59 Å². The summed E-state index contributed by atoms with van der Waals surface area (Å²) < 4.78 is 10.4. The Bertz CT molecular complexity index is 643. The number of benzene rings is 1. The Labute approximate surface area is 172 Å². The molecule has 0 aliphatic rings. The number of amides is 3. The van der Waals surface area contributed by atoms with Crippen LogP contribution in [-0.2, 0) is 20.9 Å². The number of alkyl carbamates (subject to hydrolysis) is 2. The van der Waals surface area contributed by atoms with Crippen LogP contribution in [-0.4, -0.2) is 42.8 Å². The van der Waals surface area contributed by atoms with Crippen LogP contribution in [0.1, 0.15) is 52.5 Å². The van der Waals surface area contributed by atoms with E-state index in [1.54, 1.807) is 0 Å². The highest BCUT2D eigenvalue weighted by atomic mass is 16.6. The van der Waals surface area contributed by atoms with Crippen LogP contribution in [0.4, 0.5) is 9.59 Å². The Balaban J connectivity index is 2.34. The number of hydrogen-bond acceptors (Lipinski definition) is 5. The summed E-state index contributed by atoms with van der Waals surface area (Å²) in [5.41, 5.74) is 0.367. The minimum Gasteiger partial charge on any atom is -0.445 e. The van der Waals surface area contributed by atoms with Crippen LogP contribution in [0.3, 0.4) is 0 Å². The molecular formula is C21H33N3O5. The summed E-state index contributed by atoms with van der Waals surface area (Å²) in [6.07, 6.45) is 1.12. The molecule has 0 radical (unpaired) electrons. The Morgan fingerprint density at radius 1 is 1.00 bits per heavy atom. The number of ether oxygens (including phenoxy) is 2.